The van der Waals surface area contributed by atoms with E-state index in [-0.39, 0.29) is 59.8 Å². The fourth-order valence-corrected chi connectivity index (χ4v) is 6.74. The van der Waals surface area contributed by atoms with Gasteiger partial charge in [0.15, 0.2) is 0 Å². The molecule has 3 aromatic rings. The maximum atomic E-state index is 14.4. The molecule has 0 saturated carbocycles. The number of anilines is 1. The Kier molecular flexibility index (Phi) is 13.5. The Morgan fingerprint density at radius 1 is 1.08 bits per heavy atom. The molecule has 49 heavy (non-hydrogen) atoms. The molecule has 12 heteroatoms. The number of carbonyl (C=O) groups is 2. The van der Waals surface area contributed by atoms with Gasteiger partial charge in [0.2, 0.25) is 5.91 Å². The van der Waals surface area contributed by atoms with Crippen LogP contribution in [0.5, 0.6) is 11.5 Å². The molecule has 1 aliphatic heterocycles. The number of fused-ring (bicyclic) bond motifs is 1. The van der Waals surface area contributed by atoms with Gasteiger partial charge < -0.3 is 29.1 Å². The molecule has 4 atom stereocenters. The fourth-order valence-electron chi connectivity index (χ4n) is 5.69. The van der Waals surface area contributed by atoms with E-state index < -0.39 is 22.0 Å². The predicted molar refractivity (Wildman–Crippen MR) is 188 cm³/mol. The third-order valence-electron chi connectivity index (χ3n) is 8.75. The lowest BCUT2D eigenvalue weighted by atomic mass is 10.0. The Morgan fingerprint density at radius 3 is 2.47 bits per heavy atom. The van der Waals surface area contributed by atoms with Crippen molar-refractivity contribution >= 4 is 27.5 Å². The topological polar surface area (TPSA) is 135 Å². The number of hydrogen-bond donors (Lipinski definition) is 2. The molecule has 0 aliphatic carbocycles. The molecule has 11 nitrogen and oxygen atoms in total. The number of hydrogen-bond acceptors (Lipinski definition) is 8. The molecule has 0 spiro atoms. The lowest BCUT2D eigenvalue weighted by Crippen LogP contribution is -2.48. The normalized spacial score (nSPS) is 19.9. The number of sulfonamides is 1. The summed E-state index contributed by atoms with van der Waals surface area (Å²) in [5.74, 6) is 0.150. The molecule has 0 saturated heterocycles. The van der Waals surface area contributed by atoms with E-state index in [9.17, 15) is 23.1 Å². The minimum Gasteiger partial charge on any atom is -0.497 e. The first-order valence-corrected chi connectivity index (χ1v) is 18.2. The number of benzene rings is 3. The van der Waals surface area contributed by atoms with Gasteiger partial charge in [-0.05, 0) is 81.1 Å². The second-order valence-electron chi connectivity index (χ2n) is 12.7. The van der Waals surface area contributed by atoms with Crippen LogP contribution in [-0.4, -0.2) is 93.8 Å². The van der Waals surface area contributed by atoms with E-state index in [1.54, 1.807) is 48.0 Å². The maximum absolute atomic E-state index is 14.4. The van der Waals surface area contributed by atoms with Gasteiger partial charge in [0.05, 0.1) is 48.8 Å². The monoisotopic (exact) mass is 695 g/mol. The molecule has 0 bridgehead atoms. The highest BCUT2D eigenvalue weighted by atomic mass is 32.2. The first-order chi connectivity index (χ1) is 23.4. The maximum Gasteiger partial charge on any atom is 0.261 e. The molecule has 1 heterocycles. The molecule has 4 rings (SSSR count). The lowest BCUT2D eigenvalue weighted by molar-refractivity contribution is -0.131. The number of nitrogens with one attached hydrogen (secondary N) is 1. The summed E-state index contributed by atoms with van der Waals surface area (Å²) in [4.78, 5) is 30.8. The van der Waals surface area contributed by atoms with Crippen LogP contribution in [0, 0.1) is 5.92 Å². The molecule has 1 aliphatic rings. The zero-order valence-electron chi connectivity index (χ0n) is 29.0. The van der Waals surface area contributed by atoms with Crippen molar-refractivity contribution in [1.29, 1.82) is 0 Å². The molecular weight excluding hydrogens is 646 g/mol. The second-order valence-corrected chi connectivity index (χ2v) is 14.4. The molecule has 0 unspecified atom stereocenters. The van der Waals surface area contributed by atoms with Crippen LogP contribution in [0.1, 0.15) is 56.0 Å². The average molecular weight is 696 g/mol. The predicted octanol–water partition coefficient (Wildman–Crippen LogP) is 4.99. The highest BCUT2D eigenvalue weighted by Crippen LogP contribution is 2.30. The van der Waals surface area contributed by atoms with Crippen LogP contribution in [0.2, 0.25) is 0 Å². The van der Waals surface area contributed by atoms with Gasteiger partial charge in [0, 0.05) is 38.3 Å². The van der Waals surface area contributed by atoms with E-state index in [1.165, 1.54) is 25.3 Å². The van der Waals surface area contributed by atoms with Crippen LogP contribution in [0.15, 0.2) is 77.7 Å². The van der Waals surface area contributed by atoms with Gasteiger partial charge in [0.1, 0.15) is 11.5 Å². The van der Waals surface area contributed by atoms with Crippen molar-refractivity contribution in [2.24, 2.45) is 5.92 Å². The number of aliphatic hydroxyl groups excluding tert-OH is 1. The Bertz CT molecular complexity index is 1640. The summed E-state index contributed by atoms with van der Waals surface area (Å²) in [5.41, 5.74) is 1.28. The summed E-state index contributed by atoms with van der Waals surface area (Å²) >= 11 is 0. The minimum atomic E-state index is -3.99. The van der Waals surface area contributed by atoms with Crippen LogP contribution in [0.25, 0.3) is 0 Å². The molecule has 0 fully saturated rings. The van der Waals surface area contributed by atoms with E-state index in [0.717, 1.165) is 18.4 Å². The summed E-state index contributed by atoms with van der Waals surface area (Å²) in [6, 6.07) is 19.6. The molecule has 2 amide bonds. The summed E-state index contributed by atoms with van der Waals surface area (Å²) in [5, 5.41) is 10.2. The number of carbonyl (C=O) groups excluding carboxylic acids is 2. The van der Waals surface area contributed by atoms with Gasteiger partial charge in [-0.1, -0.05) is 37.3 Å². The standard InChI is InChI=1S/C37H49N3O8S/c1-26-23-40(27(2)25-41)37(43)33-22-30(38-49(44,45)32-17-15-31(46-5)16-18-32)14-19-34(33)48-28(3)11-9-10-20-47-35(26)24-39(4)36(42)21-29-12-7-6-8-13-29/h6-8,12-19,22,26-28,35,38,41H,9-11,20-21,23-25H2,1-5H3/t26-,27-,28+,35-/m1/s1. The van der Waals surface area contributed by atoms with E-state index in [2.05, 4.69) is 4.72 Å². The second kappa shape index (κ2) is 17.5. The summed E-state index contributed by atoms with van der Waals surface area (Å²) < 4.78 is 46.9. The summed E-state index contributed by atoms with van der Waals surface area (Å²) in [7, 11) is -0.733. The average Bonchev–Trinajstić information content (AvgIpc) is 3.09. The zero-order valence-corrected chi connectivity index (χ0v) is 29.8. The number of ether oxygens (including phenoxy) is 3. The summed E-state index contributed by atoms with van der Waals surface area (Å²) in [6.45, 7) is 6.37. The number of rotatable bonds is 10. The van der Waals surface area contributed by atoms with Crippen molar-refractivity contribution in [3.05, 3.63) is 83.9 Å². The van der Waals surface area contributed by atoms with E-state index in [0.29, 0.717) is 31.1 Å². The van der Waals surface area contributed by atoms with Crippen LogP contribution >= 0.6 is 0 Å². The van der Waals surface area contributed by atoms with Crippen molar-refractivity contribution in [1.82, 2.24) is 9.80 Å². The Hall–Kier alpha value is -4.13. The van der Waals surface area contributed by atoms with Gasteiger partial charge in [-0.25, -0.2) is 8.42 Å². The lowest BCUT2D eigenvalue weighted by Gasteiger charge is -2.36. The van der Waals surface area contributed by atoms with Gasteiger partial charge in [-0.3, -0.25) is 14.3 Å². The number of likely N-dealkylation sites (N-methyl/N-ethyl adjacent to an activating group) is 1. The molecule has 3 aromatic carbocycles. The van der Waals surface area contributed by atoms with Gasteiger partial charge >= 0.3 is 0 Å². The van der Waals surface area contributed by atoms with E-state index in [1.807, 2.05) is 44.2 Å². The van der Waals surface area contributed by atoms with Crippen LogP contribution in [0.4, 0.5) is 5.69 Å². The number of nitrogens with zero attached hydrogens (tertiary/aromatic N) is 2. The Morgan fingerprint density at radius 2 is 1.80 bits per heavy atom. The molecule has 2 N–H and O–H groups in total. The van der Waals surface area contributed by atoms with Crippen molar-refractivity contribution in [2.75, 3.05) is 45.2 Å². The van der Waals surface area contributed by atoms with Gasteiger partial charge in [-0.2, -0.15) is 0 Å². The van der Waals surface area contributed by atoms with Crippen molar-refractivity contribution in [3.63, 3.8) is 0 Å². The highest BCUT2D eigenvalue weighted by Gasteiger charge is 2.31. The Balaban J connectivity index is 1.63. The minimum absolute atomic E-state index is 0.0344. The van der Waals surface area contributed by atoms with Crippen LogP contribution in [0.3, 0.4) is 0 Å². The number of aliphatic hydroxyl groups is 1. The molecule has 0 radical (unpaired) electrons. The van der Waals surface area contributed by atoms with Crippen molar-refractivity contribution < 1.29 is 37.3 Å². The summed E-state index contributed by atoms with van der Waals surface area (Å²) in [6.07, 6.45) is 1.95. The van der Waals surface area contributed by atoms with E-state index >= 15 is 0 Å². The quantitative estimate of drug-likeness (QED) is 0.303. The van der Waals surface area contributed by atoms with Crippen LogP contribution in [-0.2, 0) is 26.0 Å². The fraction of sp³-hybridized carbons (Fsp3) is 0.459. The third-order valence-corrected chi connectivity index (χ3v) is 10.1. The largest absolute Gasteiger partial charge is 0.497 e. The Labute approximate surface area is 290 Å². The van der Waals surface area contributed by atoms with Crippen LogP contribution < -0.4 is 14.2 Å². The molecular formula is C37H49N3O8S. The third kappa shape index (κ3) is 10.4. The number of methoxy groups -OCH3 is 1. The smallest absolute Gasteiger partial charge is 0.261 e. The zero-order chi connectivity index (χ0) is 35.6. The molecule has 266 valence electrons. The first-order valence-electron chi connectivity index (χ1n) is 16.7. The van der Waals surface area contributed by atoms with Crippen molar-refractivity contribution in [3.8, 4) is 11.5 Å². The highest BCUT2D eigenvalue weighted by molar-refractivity contribution is 7.92. The van der Waals surface area contributed by atoms with Crippen molar-refractivity contribution in [2.45, 2.75) is 69.6 Å². The van der Waals surface area contributed by atoms with E-state index in [4.69, 9.17) is 14.2 Å². The molecule has 0 aromatic heterocycles. The SMILES string of the molecule is COc1ccc(S(=O)(=O)Nc2ccc3c(c2)C(=O)N([C@H](C)CO)C[C@@H](C)[C@@H](CN(C)C(=O)Cc2ccccc2)OCCCC[C@H](C)O3)cc1. The first kappa shape index (κ1) is 37.7. The van der Waals surface area contributed by atoms with Gasteiger partial charge in [-0.15, -0.1) is 0 Å². The van der Waals surface area contributed by atoms with Gasteiger partial charge in [0.25, 0.3) is 15.9 Å². The number of amides is 2.